The van der Waals surface area contributed by atoms with Crippen LogP contribution in [0.25, 0.3) is 0 Å². The molecule has 3 rings (SSSR count). The molecule has 0 radical (unpaired) electrons. The van der Waals surface area contributed by atoms with Crippen molar-refractivity contribution in [3.8, 4) is 0 Å². The van der Waals surface area contributed by atoms with Crippen molar-refractivity contribution in [1.29, 1.82) is 0 Å². The van der Waals surface area contributed by atoms with Crippen molar-refractivity contribution in [3.63, 3.8) is 0 Å². The van der Waals surface area contributed by atoms with E-state index in [0.29, 0.717) is 18.8 Å². The average Bonchev–Trinajstić information content (AvgIpc) is 2.92. The summed E-state index contributed by atoms with van der Waals surface area (Å²) in [4.78, 5) is 15.9. The first kappa shape index (κ1) is 10.2. The van der Waals surface area contributed by atoms with Gasteiger partial charge in [-0.25, -0.2) is 4.98 Å². The molecule has 0 aliphatic heterocycles. The van der Waals surface area contributed by atoms with Crippen LogP contribution in [0.2, 0.25) is 0 Å². The second-order valence-electron chi connectivity index (χ2n) is 4.90. The molecule has 0 atom stereocenters. The number of rotatable bonds is 3. The molecule has 0 aromatic carbocycles. The third kappa shape index (κ3) is 1.38. The molecular weight excluding hydrogens is 224 g/mol. The van der Waals surface area contributed by atoms with E-state index in [2.05, 4.69) is 4.98 Å². The molecule has 1 heterocycles. The Kier molecular flexibility index (Phi) is 2.09. The minimum Gasteiger partial charge on any atom is -0.481 e. The molecule has 16 heavy (non-hydrogen) atoms. The van der Waals surface area contributed by atoms with E-state index in [0.717, 1.165) is 10.7 Å². The monoisotopic (exact) mass is 238 g/mol. The largest absolute Gasteiger partial charge is 0.481 e. The normalized spacial score (nSPS) is 33.4. The van der Waals surface area contributed by atoms with Gasteiger partial charge in [-0.3, -0.25) is 4.79 Å². The standard InChI is InChI=1S/C11H14N2O2S/c12-7-3-11(4-7,10(14)15)8-5-16-9(13-8)6-1-2-6/h5-7H,1-4,12H2,(H,14,15). The van der Waals surface area contributed by atoms with Crippen LogP contribution in [0.4, 0.5) is 0 Å². The Hall–Kier alpha value is -0.940. The van der Waals surface area contributed by atoms with Gasteiger partial charge in [0.2, 0.25) is 0 Å². The molecule has 1 aromatic rings. The van der Waals surface area contributed by atoms with Gasteiger partial charge in [-0.1, -0.05) is 0 Å². The van der Waals surface area contributed by atoms with Crippen molar-refractivity contribution in [2.24, 2.45) is 5.73 Å². The Morgan fingerprint density at radius 1 is 1.56 bits per heavy atom. The maximum absolute atomic E-state index is 11.4. The predicted molar refractivity (Wildman–Crippen MR) is 60.6 cm³/mol. The Balaban J connectivity index is 1.90. The maximum Gasteiger partial charge on any atom is 0.315 e. The maximum atomic E-state index is 11.4. The number of hydrogen-bond acceptors (Lipinski definition) is 4. The van der Waals surface area contributed by atoms with Crippen LogP contribution in [0.1, 0.15) is 42.3 Å². The Morgan fingerprint density at radius 3 is 2.75 bits per heavy atom. The van der Waals surface area contributed by atoms with E-state index >= 15 is 0 Å². The summed E-state index contributed by atoms with van der Waals surface area (Å²) in [7, 11) is 0. The van der Waals surface area contributed by atoms with Gasteiger partial charge in [0.25, 0.3) is 0 Å². The van der Waals surface area contributed by atoms with Gasteiger partial charge in [0.1, 0.15) is 5.41 Å². The highest BCUT2D eigenvalue weighted by molar-refractivity contribution is 7.09. The van der Waals surface area contributed by atoms with Crippen LogP contribution in [0, 0.1) is 0 Å². The highest BCUT2D eigenvalue weighted by Gasteiger charge is 2.52. The second kappa shape index (κ2) is 3.28. The van der Waals surface area contributed by atoms with Crippen molar-refractivity contribution < 1.29 is 9.90 Å². The summed E-state index contributed by atoms with van der Waals surface area (Å²) in [5.41, 5.74) is 5.66. The van der Waals surface area contributed by atoms with Crippen molar-refractivity contribution in [2.45, 2.75) is 43.1 Å². The molecule has 2 fully saturated rings. The smallest absolute Gasteiger partial charge is 0.315 e. The molecule has 0 unspecified atom stereocenters. The molecule has 5 heteroatoms. The van der Waals surface area contributed by atoms with Crippen molar-refractivity contribution >= 4 is 17.3 Å². The van der Waals surface area contributed by atoms with Gasteiger partial charge in [-0.05, 0) is 25.7 Å². The molecule has 0 bridgehead atoms. The predicted octanol–water partition coefficient (Wildman–Crippen LogP) is 1.46. The highest BCUT2D eigenvalue weighted by Crippen LogP contribution is 2.47. The van der Waals surface area contributed by atoms with Gasteiger partial charge in [0.15, 0.2) is 0 Å². The summed E-state index contributed by atoms with van der Waals surface area (Å²) >= 11 is 1.60. The minimum absolute atomic E-state index is 0.0159. The van der Waals surface area contributed by atoms with Crippen molar-refractivity contribution in [1.82, 2.24) is 4.98 Å². The van der Waals surface area contributed by atoms with Gasteiger partial charge < -0.3 is 10.8 Å². The highest BCUT2D eigenvalue weighted by atomic mass is 32.1. The summed E-state index contributed by atoms with van der Waals surface area (Å²) < 4.78 is 0. The SMILES string of the molecule is NC1CC(C(=O)O)(c2csc(C3CC3)n2)C1. The number of hydrogen-bond donors (Lipinski definition) is 2. The number of aromatic nitrogens is 1. The van der Waals surface area contributed by atoms with E-state index in [-0.39, 0.29) is 6.04 Å². The first-order chi connectivity index (χ1) is 7.62. The molecule has 2 aliphatic carbocycles. The van der Waals surface area contributed by atoms with E-state index in [1.54, 1.807) is 11.3 Å². The van der Waals surface area contributed by atoms with Crippen LogP contribution in [0.15, 0.2) is 5.38 Å². The Morgan fingerprint density at radius 2 is 2.25 bits per heavy atom. The van der Waals surface area contributed by atoms with Crippen LogP contribution in [-0.2, 0) is 10.2 Å². The fourth-order valence-electron chi connectivity index (χ4n) is 2.35. The zero-order valence-corrected chi connectivity index (χ0v) is 9.67. The van der Waals surface area contributed by atoms with E-state index in [1.165, 1.54) is 12.8 Å². The number of nitrogens with zero attached hydrogens (tertiary/aromatic N) is 1. The fraction of sp³-hybridized carbons (Fsp3) is 0.636. The summed E-state index contributed by atoms with van der Waals surface area (Å²) in [5, 5.41) is 12.3. The van der Waals surface area contributed by atoms with Crippen molar-refractivity contribution in [3.05, 3.63) is 16.1 Å². The summed E-state index contributed by atoms with van der Waals surface area (Å²) in [6, 6.07) is 0.0159. The van der Waals surface area contributed by atoms with E-state index < -0.39 is 11.4 Å². The van der Waals surface area contributed by atoms with Crippen LogP contribution in [0.5, 0.6) is 0 Å². The summed E-state index contributed by atoms with van der Waals surface area (Å²) in [6.45, 7) is 0. The number of aliphatic carboxylic acids is 1. The van der Waals surface area contributed by atoms with Gasteiger partial charge in [-0.2, -0.15) is 0 Å². The number of thiazole rings is 1. The Labute approximate surface area is 97.5 Å². The lowest BCUT2D eigenvalue weighted by Crippen LogP contribution is -2.54. The molecule has 4 nitrogen and oxygen atoms in total. The number of nitrogens with two attached hydrogens (primary N) is 1. The lowest BCUT2D eigenvalue weighted by Gasteiger charge is -2.41. The molecule has 0 saturated heterocycles. The molecular formula is C11H14N2O2S. The van der Waals surface area contributed by atoms with Gasteiger partial charge >= 0.3 is 5.97 Å². The number of carbonyl (C=O) groups is 1. The summed E-state index contributed by atoms with van der Waals surface area (Å²) in [5.74, 6) is -0.180. The van der Waals surface area contributed by atoms with E-state index in [4.69, 9.17) is 5.73 Å². The van der Waals surface area contributed by atoms with Crippen LogP contribution in [-0.4, -0.2) is 22.1 Å². The van der Waals surface area contributed by atoms with E-state index in [9.17, 15) is 9.90 Å². The van der Waals surface area contributed by atoms with Gasteiger partial charge in [0.05, 0.1) is 10.7 Å². The molecule has 0 spiro atoms. The average molecular weight is 238 g/mol. The minimum atomic E-state index is -0.789. The summed E-state index contributed by atoms with van der Waals surface area (Å²) in [6.07, 6.45) is 3.45. The first-order valence-electron chi connectivity index (χ1n) is 5.57. The second-order valence-corrected chi connectivity index (χ2v) is 5.79. The number of carboxylic acids is 1. The zero-order chi connectivity index (χ0) is 11.3. The molecule has 3 N–H and O–H groups in total. The quantitative estimate of drug-likeness (QED) is 0.836. The fourth-order valence-corrected chi connectivity index (χ4v) is 3.44. The van der Waals surface area contributed by atoms with Gasteiger partial charge in [0, 0.05) is 17.3 Å². The number of carboxylic acid groups (broad SMARTS) is 1. The third-order valence-corrected chi connectivity index (χ3v) is 4.58. The first-order valence-corrected chi connectivity index (χ1v) is 6.45. The lowest BCUT2D eigenvalue weighted by molar-refractivity contribution is -0.148. The Bertz CT molecular complexity index is 433. The van der Waals surface area contributed by atoms with Crippen LogP contribution in [0.3, 0.4) is 0 Å². The van der Waals surface area contributed by atoms with Crippen LogP contribution >= 0.6 is 11.3 Å². The molecule has 1 aromatic heterocycles. The molecule has 2 saturated carbocycles. The van der Waals surface area contributed by atoms with E-state index in [1.807, 2.05) is 5.38 Å². The molecule has 86 valence electrons. The molecule has 0 amide bonds. The van der Waals surface area contributed by atoms with Crippen LogP contribution < -0.4 is 5.73 Å². The molecule has 2 aliphatic rings. The third-order valence-electron chi connectivity index (χ3n) is 3.57. The van der Waals surface area contributed by atoms with Gasteiger partial charge in [-0.15, -0.1) is 11.3 Å². The van der Waals surface area contributed by atoms with Crippen molar-refractivity contribution in [2.75, 3.05) is 0 Å². The lowest BCUT2D eigenvalue weighted by atomic mass is 9.64. The topological polar surface area (TPSA) is 76.2 Å². The zero-order valence-electron chi connectivity index (χ0n) is 8.85.